The molecular weight excluding hydrogens is 460 g/mol. The summed E-state index contributed by atoms with van der Waals surface area (Å²) in [4.78, 5) is 21.1. The van der Waals surface area contributed by atoms with E-state index in [0.29, 0.717) is 34.2 Å². The highest BCUT2D eigenvalue weighted by molar-refractivity contribution is 8.00. The number of halogens is 1. The van der Waals surface area contributed by atoms with Crippen molar-refractivity contribution in [1.82, 2.24) is 24.7 Å². The molecule has 0 saturated heterocycles. The third-order valence-electron chi connectivity index (χ3n) is 4.59. The summed E-state index contributed by atoms with van der Waals surface area (Å²) in [6, 6.07) is 14.7. The number of carbonyl (C=O) groups is 1. The number of nitrogens with zero attached hydrogens (tertiary/aromatic N) is 5. The molecule has 10 heteroatoms. The summed E-state index contributed by atoms with van der Waals surface area (Å²) >= 11 is 7.16. The van der Waals surface area contributed by atoms with Crippen molar-refractivity contribution in [3.63, 3.8) is 0 Å². The van der Waals surface area contributed by atoms with Gasteiger partial charge >= 0.3 is 0 Å². The summed E-state index contributed by atoms with van der Waals surface area (Å²) < 4.78 is 7.73. The topological polar surface area (TPSA) is 94.8 Å². The highest BCUT2D eigenvalue weighted by atomic mass is 35.5. The van der Waals surface area contributed by atoms with Gasteiger partial charge in [-0.25, -0.2) is 4.98 Å². The lowest BCUT2D eigenvalue weighted by Gasteiger charge is -2.16. The Hall–Kier alpha value is -3.43. The first kappa shape index (κ1) is 22.8. The number of aromatic nitrogens is 5. The van der Waals surface area contributed by atoms with Gasteiger partial charge in [0.05, 0.1) is 22.6 Å². The van der Waals surface area contributed by atoms with Crippen LogP contribution in [0.4, 0.5) is 5.82 Å². The highest BCUT2D eigenvalue weighted by Crippen LogP contribution is 2.34. The molecule has 3 aromatic heterocycles. The number of amides is 1. The number of hydrogen-bond donors (Lipinski definition) is 1. The zero-order valence-corrected chi connectivity index (χ0v) is 19.5. The normalized spacial score (nSPS) is 11.7. The zero-order valence-electron chi connectivity index (χ0n) is 18.0. The fourth-order valence-corrected chi connectivity index (χ4v) is 4.03. The number of nitrogens with one attached hydrogen (secondary N) is 1. The molecule has 0 bridgehead atoms. The second kappa shape index (κ2) is 10.5. The fraction of sp³-hybridized carbons (Fsp3) is 0.174. The first-order valence-corrected chi connectivity index (χ1v) is 11.5. The number of ether oxygens (including phenoxy) is 1. The molecule has 0 spiro atoms. The van der Waals surface area contributed by atoms with Crippen molar-refractivity contribution in [2.45, 2.75) is 24.3 Å². The van der Waals surface area contributed by atoms with Crippen molar-refractivity contribution in [2.75, 3.05) is 11.9 Å². The summed E-state index contributed by atoms with van der Waals surface area (Å²) in [7, 11) is 0. The number of thioether (sulfide) groups is 1. The van der Waals surface area contributed by atoms with E-state index in [2.05, 4.69) is 25.5 Å². The first-order chi connectivity index (χ1) is 16.1. The molecule has 0 aliphatic carbocycles. The monoisotopic (exact) mass is 480 g/mol. The van der Waals surface area contributed by atoms with Gasteiger partial charge in [0.15, 0.2) is 11.0 Å². The molecule has 4 rings (SSSR count). The van der Waals surface area contributed by atoms with Crippen LogP contribution in [0.2, 0.25) is 5.02 Å². The minimum Gasteiger partial charge on any atom is -0.492 e. The van der Waals surface area contributed by atoms with Crippen LogP contribution in [-0.4, -0.2) is 42.5 Å². The van der Waals surface area contributed by atoms with E-state index in [-0.39, 0.29) is 5.91 Å². The molecule has 0 unspecified atom stereocenters. The van der Waals surface area contributed by atoms with Crippen LogP contribution in [0.1, 0.15) is 13.8 Å². The quantitative estimate of drug-likeness (QED) is 0.358. The van der Waals surface area contributed by atoms with E-state index in [0.717, 1.165) is 11.3 Å². The smallest absolute Gasteiger partial charge is 0.238 e. The van der Waals surface area contributed by atoms with Gasteiger partial charge in [-0.05, 0) is 50.2 Å². The van der Waals surface area contributed by atoms with Crippen molar-refractivity contribution in [3.05, 3.63) is 72.1 Å². The Morgan fingerprint density at radius 1 is 1.15 bits per heavy atom. The fourth-order valence-electron chi connectivity index (χ4n) is 3.05. The molecule has 1 amide bonds. The Balaban J connectivity index is 1.68. The van der Waals surface area contributed by atoms with E-state index in [1.807, 2.05) is 47.9 Å². The number of rotatable bonds is 8. The SMILES string of the molecule is CCOc1ccccc1-n1c(S[C@@H](C)C(=O)Nc2ccc(Cl)cn2)nnc1-c1cccnc1. The number of hydrogen-bond acceptors (Lipinski definition) is 7. The second-order valence-electron chi connectivity index (χ2n) is 6.90. The van der Waals surface area contributed by atoms with Gasteiger partial charge in [-0.15, -0.1) is 10.2 Å². The van der Waals surface area contributed by atoms with Crippen LogP contribution in [0.15, 0.2) is 72.3 Å². The van der Waals surface area contributed by atoms with E-state index >= 15 is 0 Å². The summed E-state index contributed by atoms with van der Waals surface area (Å²) in [6.45, 7) is 4.24. The third-order valence-corrected chi connectivity index (χ3v) is 5.86. The molecule has 168 valence electrons. The summed E-state index contributed by atoms with van der Waals surface area (Å²) in [5, 5.41) is 12.2. The van der Waals surface area contributed by atoms with E-state index < -0.39 is 5.25 Å². The van der Waals surface area contributed by atoms with Crippen molar-refractivity contribution < 1.29 is 9.53 Å². The van der Waals surface area contributed by atoms with Crippen LogP contribution >= 0.6 is 23.4 Å². The Morgan fingerprint density at radius 3 is 2.73 bits per heavy atom. The standard InChI is InChI=1S/C23H21ClN6O2S/c1-3-32-19-9-5-4-8-18(19)30-21(16-7-6-12-25-13-16)28-29-23(30)33-15(2)22(31)27-20-11-10-17(24)14-26-20/h4-15H,3H2,1-2H3,(H,26,27,31)/t15-/m0/s1. The summed E-state index contributed by atoms with van der Waals surface area (Å²) in [5.74, 6) is 1.50. The third kappa shape index (κ3) is 5.32. The van der Waals surface area contributed by atoms with Crippen LogP contribution < -0.4 is 10.1 Å². The predicted octanol–water partition coefficient (Wildman–Crippen LogP) is 4.90. The largest absolute Gasteiger partial charge is 0.492 e. The molecule has 1 atom stereocenters. The highest BCUT2D eigenvalue weighted by Gasteiger charge is 2.23. The number of anilines is 1. The lowest BCUT2D eigenvalue weighted by Crippen LogP contribution is -2.23. The average Bonchev–Trinajstić information content (AvgIpc) is 3.25. The summed E-state index contributed by atoms with van der Waals surface area (Å²) in [6.07, 6.45) is 4.91. The molecule has 3 heterocycles. The molecule has 0 aliphatic rings. The van der Waals surface area contributed by atoms with Gasteiger partial charge in [0.1, 0.15) is 11.6 Å². The van der Waals surface area contributed by atoms with Crippen molar-refractivity contribution in [2.24, 2.45) is 0 Å². The Bertz CT molecular complexity index is 1230. The van der Waals surface area contributed by atoms with Gasteiger partial charge < -0.3 is 10.1 Å². The number of carbonyl (C=O) groups excluding carboxylic acids is 1. The van der Waals surface area contributed by atoms with Crippen molar-refractivity contribution in [1.29, 1.82) is 0 Å². The predicted molar refractivity (Wildman–Crippen MR) is 129 cm³/mol. The first-order valence-electron chi connectivity index (χ1n) is 10.2. The van der Waals surface area contributed by atoms with Crippen LogP contribution in [0.5, 0.6) is 5.75 Å². The molecule has 0 radical (unpaired) electrons. The number of pyridine rings is 2. The van der Waals surface area contributed by atoms with E-state index in [4.69, 9.17) is 16.3 Å². The second-order valence-corrected chi connectivity index (χ2v) is 8.64. The maximum atomic E-state index is 12.8. The van der Waals surface area contributed by atoms with Gasteiger partial charge in [-0.3, -0.25) is 14.3 Å². The molecule has 1 aromatic carbocycles. The Kier molecular flexibility index (Phi) is 7.21. The summed E-state index contributed by atoms with van der Waals surface area (Å²) in [5.41, 5.74) is 1.57. The molecular formula is C23H21ClN6O2S. The molecule has 0 fully saturated rings. The Labute approximate surface area is 200 Å². The van der Waals surface area contributed by atoms with Crippen LogP contribution in [0.25, 0.3) is 17.1 Å². The van der Waals surface area contributed by atoms with Crippen molar-refractivity contribution in [3.8, 4) is 22.8 Å². The van der Waals surface area contributed by atoms with Crippen LogP contribution in [0, 0.1) is 0 Å². The van der Waals surface area contributed by atoms with E-state index in [9.17, 15) is 4.79 Å². The van der Waals surface area contributed by atoms with Gasteiger partial charge in [0.25, 0.3) is 0 Å². The van der Waals surface area contributed by atoms with Gasteiger partial charge in [0, 0.05) is 24.2 Å². The average molecular weight is 481 g/mol. The minimum atomic E-state index is -0.480. The molecule has 0 aliphatic heterocycles. The number of para-hydroxylation sites is 2. The molecule has 1 N–H and O–H groups in total. The van der Waals surface area contributed by atoms with Crippen LogP contribution in [0.3, 0.4) is 0 Å². The number of benzene rings is 1. The maximum Gasteiger partial charge on any atom is 0.238 e. The van der Waals surface area contributed by atoms with Gasteiger partial charge in [-0.2, -0.15) is 0 Å². The lowest BCUT2D eigenvalue weighted by atomic mass is 10.2. The van der Waals surface area contributed by atoms with Gasteiger partial charge in [-0.1, -0.05) is 35.5 Å². The molecule has 33 heavy (non-hydrogen) atoms. The van der Waals surface area contributed by atoms with E-state index in [1.54, 1.807) is 31.5 Å². The lowest BCUT2D eigenvalue weighted by molar-refractivity contribution is -0.115. The van der Waals surface area contributed by atoms with Crippen LogP contribution in [-0.2, 0) is 4.79 Å². The van der Waals surface area contributed by atoms with Crippen molar-refractivity contribution >= 4 is 35.1 Å². The minimum absolute atomic E-state index is 0.217. The molecule has 8 nitrogen and oxygen atoms in total. The zero-order chi connectivity index (χ0) is 23.2. The molecule has 4 aromatic rings. The van der Waals surface area contributed by atoms with E-state index in [1.165, 1.54) is 18.0 Å². The molecule has 0 saturated carbocycles. The maximum absolute atomic E-state index is 12.8. The van der Waals surface area contributed by atoms with Gasteiger partial charge in [0.2, 0.25) is 5.91 Å². The Morgan fingerprint density at radius 2 is 2.00 bits per heavy atom.